The van der Waals surface area contributed by atoms with Crippen LogP contribution in [0.5, 0.6) is 0 Å². The average molecular weight is 806 g/mol. The number of piperidine rings is 1. The third-order valence-electron chi connectivity index (χ3n) is 13.6. The number of ether oxygens (including phenoxy) is 2. The summed E-state index contributed by atoms with van der Waals surface area (Å²) >= 11 is 0. The van der Waals surface area contributed by atoms with Crippen molar-refractivity contribution in [3.63, 3.8) is 0 Å². The highest BCUT2D eigenvalue weighted by atomic mass is 19.1. The predicted molar refractivity (Wildman–Crippen MR) is 216 cm³/mol. The van der Waals surface area contributed by atoms with Crippen molar-refractivity contribution in [3.05, 3.63) is 71.3 Å². The number of ketones is 1. The molecule has 4 fully saturated rings. The van der Waals surface area contributed by atoms with Gasteiger partial charge in [0.2, 0.25) is 5.91 Å². The third kappa shape index (κ3) is 6.97. The number of nitrogens with zero attached hydrogens (tertiary/aromatic N) is 3. The average Bonchev–Trinajstić information content (AvgIpc) is 3.84. The van der Waals surface area contributed by atoms with E-state index in [1.807, 2.05) is 44.7 Å². The first-order valence-corrected chi connectivity index (χ1v) is 21.0. The summed E-state index contributed by atoms with van der Waals surface area (Å²) in [5.74, 6) is 1.45. The Kier molecular flexibility index (Phi) is 9.86. The number of halogens is 1. The lowest BCUT2D eigenvalue weighted by atomic mass is 9.81. The van der Waals surface area contributed by atoms with E-state index in [1.165, 1.54) is 14.2 Å². The van der Waals surface area contributed by atoms with Gasteiger partial charge in [-0.1, -0.05) is 52.0 Å². The van der Waals surface area contributed by atoms with E-state index in [4.69, 9.17) is 14.5 Å². The Morgan fingerprint density at radius 2 is 1.51 bits per heavy atom. The lowest BCUT2D eigenvalue weighted by Crippen LogP contribution is -2.52. The Morgan fingerprint density at radius 3 is 2.20 bits per heavy atom. The van der Waals surface area contributed by atoms with Gasteiger partial charge in [-0.2, -0.15) is 0 Å². The standard InChI is InChI=1S/C45H52FN7O6/c1-20(2)37(51-44(56)58-5)40(54)36-29-14-25(29)15-30(36)41-47-19-33(49-41)28-11-8-23(16-31(28)46)22-7-10-27-24(13-22)9-12-32-39(27)50-42(48-32)35-18-26-17-34(26)53(35)43(55)38(21(3)4)52-45(57)59-6/h7-8,10-11,13,16,19-21,25-26,29-30,34-38H,9,12,14-15,17-18H2,1-6H3,(H,47,49)(H,48,50)(H,51,56)(H,52,57)/t25-,26-,29-,30-,34-,35+,36?,37+,38+/m1/s1. The van der Waals surface area contributed by atoms with E-state index in [0.717, 1.165) is 78.0 Å². The molecule has 1 saturated heterocycles. The fourth-order valence-electron chi connectivity index (χ4n) is 10.3. The van der Waals surface area contributed by atoms with Crippen LogP contribution in [-0.4, -0.2) is 81.1 Å². The molecule has 14 heteroatoms. The number of rotatable bonds is 11. The second-order valence-electron chi connectivity index (χ2n) is 17.9. The molecule has 0 bridgehead atoms. The van der Waals surface area contributed by atoms with Crippen molar-refractivity contribution in [3.8, 4) is 33.6 Å². The van der Waals surface area contributed by atoms with Crippen LogP contribution in [0.4, 0.5) is 14.0 Å². The minimum absolute atomic E-state index is 0.00206. The van der Waals surface area contributed by atoms with Gasteiger partial charge in [0.1, 0.15) is 23.5 Å². The van der Waals surface area contributed by atoms with E-state index in [0.29, 0.717) is 28.9 Å². The normalized spacial score (nSPS) is 25.7. The number of carbonyl (C=O) groups is 4. The summed E-state index contributed by atoms with van der Waals surface area (Å²) < 4.78 is 25.6. The molecule has 3 saturated carbocycles. The highest BCUT2D eigenvalue weighted by molar-refractivity contribution is 5.91. The number of fused-ring (bicyclic) bond motifs is 5. The molecule has 2 aromatic heterocycles. The van der Waals surface area contributed by atoms with Crippen molar-refractivity contribution in [1.82, 2.24) is 35.5 Å². The van der Waals surface area contributed by atoms with Gasteiger partial charge in [0.05, 0.1) is 43.9 Å². The number of imidazole rings is 2. The maximum Gasteiger partial charge on any atom is 0.407 e. The van der Waals surface area contributed by atoms with Crippen molar-refractivity contribution in [2.24, 2.45) is 35.5 Å². The molecule has 0 radical (unpaired) electrons. The summed E-state index contributed by atoms with van der Waals surface area (Å²) in [5.41, 5.74) is 6.67. The van der Waals surface area contributed by atoms with Crippen LogP contribution in [0.15, 0.2) is 42.6 Å². The van der Waals surface area contributed by atoms with Crippen LogP contribution in [0.1, 0.15) is 88.2 Å². The van der Waals surface area contributed by atoms with E-state index >= 15 is 4.39 Å². The number of amides is 3. The molecule has 59 heavy (non-hydrogen) atoms. The largest absolute Gasteiger partial charge is 0.453 e. The lowest BCUT2D eigenvalue weighted by Gasteiger charge is -2.31. The monoisotopic (exact) mass is 805 g/mol. The van der Waals surface area contributed by atoms with Gasteiger partial charge in [-0.05, 0) is 96.9 Å². The van der Waals surface area contributed by atoms with Gasteiger partial charge >= 0.3 is 12.2 Å². The number of hydrogen-bond acceptors (Lipinski definition) is 8. The minimum atomic E-state index is -0.696. The highest BCUT2D eigenvalue weighted by Crippen LogP contribution is 2.61. The Hall–Kier alpha value is -5.53. The molecule has 0 spiro atoms. The number of H-pyrrole nitrogens is 2. The zero-order chi connectivity index (χ0) is 41.4. The van der Waals surface area contributed by atoms with Gasteiger partial charge in [0, 0.05) is 34.7 Å². The summed E-state index contributed by atoms with van der Waals surface area (Å²) in [5, 5.41) is 5.49. The Morgan fingerprint density at radius 1 is 0.814 bits per heavy atom. The van der Waals surface area contributed by atoms with Crippen molar-refractivity contribution in [1.29, 1.82) is 0 Å². The molecule has 9 atom stereocenters. The fourth-order valence-corrected chi connectivity index (χ4v) is 10.3. The Balaban J connectivity index is 0.918. The van der Waals surface area contributed by atoms with Crippen LogP contribution in [0.3, 0.4) is 0 Å². The minimum Gasteiger partial charge on any atom is -0.453 e. The van der Waals surface area contributed by atoms with Crippen LogP contribution >= 0.6 is 0 Å². The molecule has 4 N–H and O–H groups in total. The maximum atomic E-state index is 16.0. The van der Waals surface area contributed by atoms with Crippen LogP contribution in [-0.2, 0) is 31.9 Å². The Bertz CT molecular complexity index is 2340. The lowest BCUT2D eigenvalue weighted by molar-refractivity contribution is -0.136. The van der Waals surface area contributed by atoms with Crippen molar-refractivity contribution in [2.75, 3.05) is 14.2 Å². The molecule has 5 aliphatic rings. The van der Waals surface area contributed by atoms with Gasteiger partial charge in [0.25, 0.3) is 0 Å². The first-order valence-electron chi connectivity index (χ1n) is 21.0. The number of carbonyl (C=O) groups excluding carboxylic acids is 4. The third-order valence-corrected chi connectivity index (χ3v) is 13.6. The topological polar surface area (TPSA) is 171 Å². The summed E-state index contributed by atoms with van der Waals surface area (Å²) in [4.78, 5) is 70.7. The molecular formula is C45H52FN7O6. The Labute approximate surface area is 342 Å². The second kappa shape index (κ2) is 14.9. The van der Waals surface area contributed by atoms with Crippen LogP contribution in [0, 0.1) is 41.3 Å². The van der Waals surface area contributed by atoms with Gasteiger partial charge in [-0.3, -0.25) is 9.59 Å². The van der Waals surface area contributed by atoms with E-state index in [-0.39, 0.29) is 59.2 Å². The summed E-state index contributed by atoms with van der Waals surface area (Å²) in [6.07, 6.45) is 5.55. The number of aryl methyl sites for hydroxylation is 2. The number of alkyl carbamates (subject to hydrolysis) is 2. The number of aromatic nitrogens is 4. The highest BCUT2D eigenvalue weighted by Gasteiger charge is 2.59. The number of nitrogens with one attached hydrogen (secondary N) is 4. The van der Waals surface area contributed by atoms with Gasteiger partial charge in [-0.25, -0.2) is 23.9 Å². The predicted octanol–water partition coefficient (Wildman–Crippen LogP) is 7.10. The number of Topliss-reactive ketones (excluding diaryl/α,β-unsaturated/α-hetero) is 1. The number of hydrogen-bond donors (Lipinski definition) is 4. The van der Waals surface area contributed by atoms with Crippen LogP contribution < -0.4 is 10.6 Å². The molecule has 310 valence electrons. The zero-order valence-electron chi connectivity index (χ0n) is 34.3. The first kappa shape index (κ1) is 39.0. The fraction of sp³-hybridized carbons (Fsp3) is 0.511. The molecule has 1 unspecified atom stereocenters. The van der Waals surface area contributed by atoms with Crippen LogP contribution in [0.2, 0.25) is 0 Å². The maximum absolute atomic E-state index is 16.0. The molecule has 3 heterocycles. The van der Waals surface area contributed by atoms with Crippen molar-refractivity contribution in [2.45, 2.75) is 96.3 Å². The number of aromatic amines is 2. The molecule has 9 rings (SSSR count). The van der Waals surface area contributed by atoms with Crippen LogP contribution in [0.25, 0.3) is 33.6 Å². The summed E-state index contributed by atoms with van der Waals surface area (Å²) in [6.45, 7) is 7.66. The number of likely N-dealkylation sites (tertiary alicyclic amines) is 1. The molecule has 13 nitrogen and oxygen atoms in total. The summed E-state index contributed by atoms with van der Waals surface area (Å²) in [7, 11) is 2.59. The zero-order valence-corrected chi connectivity index (χ0v) is 34.3. The smallest absolute Gasteiger partial charge is 0.407 e. The van der Waals surface area contributed by atoms with Crippen molar-refractivity contribution < 1.29 is 33.0 Å². The molecule has 2 aromatic carbocycles. The quantitative estimate of drug-likeness (QED) is 0.124. The molecule has 3 amide bonds. The van der Waals surface area contributed by atoms with Gasteiger partial charge in [-0.15, -0.1) is 0 Å². The molecular weight excluding hydrogens is 754 g/mol. The van der Waals surface area contributed by atoms with E-state index in [9.17, 15) is 19.2 Å². The van der Waals surface area contributed by atoms with Gasteiger partial charge < -0.3 is 35.0 Å². The molecule has 4 aromatic rings. The van der Waals surface area contributed by atoms with E-state index < -0.39 is 24.3 Å². The number of methoxy groups -OCH3 is 2. The number of benzene rings is 2. The molecule has 1 aliphatic heterocycles. The van der Waals surface area contributed by atoms with Crippen molar-refractivity contribution >= 4 is 23.9 Å². The van der Waals surface area contributed by atoms with Gasteiger partial charge in [0.15, 0.2) is 5.78 Å². The molecule has 4 aliphatic carbocycles. The first-order chi connectivity index (χ1) is 28.3. The summed E-state index contributed by atoms with van der Waals surface area (Å²) in [6, 6.07) is 10.00. The SMILES string of the molecule is COC(=O)N[C@H](C(=O)C1[C@H](c2ncc(-c3ccc(-c4ccc5c(c4)CCc4[nH]c([C@@H]6C[C@H]7C[C@H]7N6C(=O)[C@@H](NC(=O)OC)C(C)C)nc4-5)cc3F)[nH]2)C[C@H]2C[C@@H]12)C(C)C. The van der Waals surface area contributed by atoms with E-state index in [1.54, 1.807) is 18.3 Å². The van der Waals surface area contributed by atoms with E-state index in [2.05, 4.69) is 37.7 Å². The second-order valence-corrected chi connectivity index (χ2v) is 17.9.